The predicted molar refractivity (Wildman–Crippen MR) is 106 cm³/mol. The van der Waals surface area contributed by atoms with Gasteiger partial charge in [-0.05, 0) is 31.2 Å². The van der Waals surface area contributed by atoms with Gasteiger partial charge in [0.1, 0.15) is 17.6 Å². The molecule has 1 aliphatic heterocycles. The normalized spacial score (nSPS) is 15.5. The number of aromatic nitrogens is 2. The lowest BCUT2D eigenvalue weighted by Gasteiger charge is -2.24. The number of hydrogen-bond acceptors (Lipinski definition) is 4. The number of hydrogen-bond donors (Lipinski definition) is 2. The lowest BCUT2D eigenvalue weighted by Crippen LogP contribution is -2.35. The molecule has 2 aromatic carbocycles. The van der Waals surface area contributed by atoms with E-state index in [-0.39, 0.29) is 18.2 Å². The Morgan fingerprint density at radius 2 is 1.89 bits per heavy atom. The van der Waals surface area contributed by atoms with E-state index in [1.807, 2.05) is 37.3 Å². The van der Waals surface area contributed by atoms with Gasteiger partial charge in [0, 0.05) is 16.8 Å². The van der Waals surface area contributed by atoms with Crippen LogP contribution in [0.4, 0.5) is 11.5 Å². The van der Waals surface area contributed by atoms with Crippen molar-refractivity contribution in [3.8, 4) is 17.0 Å². The molecule has 0 saturated carbocycles. The van der Waals surface area contributed by atoms with E-state index >= 15 is 0 Å². The van der Waals surface area contributed by atoms with Crippen molar-refractivity contribution in [1.29, 1.82) is 0 Å². The molecule has 28 heavy (non-hydrogen) atoms. The summed E-state index contributed by atoms with van der Waals surface area (Å²) in [6, 6.07) is 16.0. The summed E-state index contributed by atoms with van der Waals surface area (Å²) < 4.78 is 6.74. The van der Waals surface area contributed by atoms with Crippen LogP contribution < -0.4 is 15.4 Å². The Morgan fingerprint density at radius 3 is 2.57 bits per heavy atom. The molecule has 0 bridgehead atoms. The lowest BCUT2D eigenvalue weighted by molar-refractivity contribution is -0.125. The van der Waals surface area contributed by atoms with Crippen molar-refractivity contribution in [2.75, 3.05) is 17.7 Å². The van der Waals surface area contributed by atoms with Crippen LogP contribution in [0.15, 0.2) is 54.6 Å². The second-order valence-electron chi connectivity index (χ2n) is 6.62. The number of carbonyl (C=O) groups excluding carboxylic acids is 2. The molecule has 0 radical (unpaired) electrons. The number of carbonyl (C=O) groups is 2. The first-order chi connectivity index (χ1) is 13.6. The Morgan fingerprint density at radius 1 is 1.18 bits per heavy atom. The van der Waals surface area contributed by atoms with E-state index in [1.165, 1.54) is 0 Å². The molecule has 1 aromatic heterocycles. The van der Waals surface area contributed by atoms with Crippen molar-refractivity contribution < 1.29 is 14.3 Å². The largest absolute Gasteiger partial charge is 0.497 e. The van der Waals surface area contributed by atoms with Crippen molar-refractivity contribution in [3.05, 3.63) is 60.2 Å². The fourth-order valence-corrected chi connectivity index (χ4v) is 3.31. The van der Waals surface area contributed by atoms with Gasteiger partial charge in [0.2, 0.25) is 11.8 Å². The topological polar surface area (TPSA) is 85.2 Å². The molecule has 0 saturated heterocycles. The minimum Gasteiger partial charge on any atom is -0.497 e. The highest BCUT2D eigenvalue weighted by Crippen LogP contribution is 2.34. The quantitative estimate of drug-likeness (QED) is 0.731. The van der Waals surface area contributed by atoms with Gasteiger partial charge >= 0.3 is 0 Å². The van der Waals surface area contributed by atoms with Gasteiger partial charge in [-0.1, -0.05) is 30.3 Å². The molecule has 4 rings (SSSR count). The number of methoxy groups -OCH3 is 1. The maximum absolute atomic E-state index is 12.9. The van der Waals surface area contributed by atoms with Crippen LogP contribution in [-0.4, -0.2) is 28.7 Å². The number of rotatable bonds is 4. The minimum atomic E-state index is -0.720. The number of nitrogens with zero attached hydrogens (tertiary/aromatic N) is 2. The van der Waals surface area contributed by atoms with E-state index in [4.69, 9.17) is 4.74 Å². The average Bonchev–Trinajstić information content (AvgIpc) is 3.05. The molecule has 2 heterocycles. The van der Waals surface area contributed by atoms with Crippen LogP contribution in [-0.2, 0) is 9.59 Å². The number of nitrogens with one attached hydrogen (secondary N) is 2. The zero-order chi connectivity index (χ0) is 19.7. The lowest BCUT2D eigenvalue weighted by atomic mass is 10.1. The Bertz CT molecular complexity index is 1030. The summed E-state index contributed by atoms with van der Waals surface area (Å²) in [5.41, 5.74) is 3.15. The van der Waals surface area contributed by atoms with Crippen molar-refractivity contribution in [2.24, 2.45) is 0 Å². The third kappa shape index (κ3) is 3.22. The second-order valence-corrected chi connectivity index (χ2v) is 6.62. The molecule has 7 nitrogen and oxygen atoms in total. The van der Waals surface area contributed by atoms with Crippen molar-refractivity contribution in [2.45, 2.75) is 19.4 Å². The van der Waals surface area contributed by atoms with E-state index in [9.17, 15) is 9.59 Å². The molecule has 0 unspecified atom stereocenters. The molecular formula is C21H20N4O3. The predicted octanol–water partition coefficient (Wildman–Crippen LogP) is 3.39. The van der Waals surface area contributed by atoms with Gasteiger partial charge in [0.25, 0.3) is 0 Å². The first-order valence-corrected chi connectivity index (χ1v) is 8.96. The van der Waals surface area contributed by atoms with Crippen LogP contribution in [0, 0.1) is 6.92 Å². The zero-order valence-electron chi connectivity index (χ0n) is 15.6. The summed E-state index contributed by atoms with van der Waals surface area (Å²) >= 11 is 0. The molecule has 1 aliphatic rings. The van der Waals surface area contributed by atoms with Gasteiger partial charge in [0.05, 0.1) is 19.2 Å². The van der Waals surface area contributed by atoms with E-state index in [0.29, 0.717) is 17.3 Å². The van der Waals surface area contributed by atoms with E-state index in [1.54, 1.807) is 36.1 Å². The highest BCUT2D eigenvalue weighted by Gasteiger charge is 2.34. The number of amides is 2. The number of fused-ring (bicyclic) bond motifs is 1. The summed E-state index contributed by atoms with van der Waals surface area (Å²) in [5, 5.41) is 10.4. The molecule has 7 heteroatoms. The number of anilines is 2. The van der Waals surface area contributed by atoms with E-state index in [2.05, 4.69) is 15.7 Å². The Hall–Kier alpha value is -3.61. The summed E-state index contributed by atoms with van der Waals surface area (Å²) in [6.07, 6.45) is 0.0321. The molecule has 0 aliphatic carbocycles. The summed E-state index contributed by atoms with van der Waals surface area (Å²) in [4.78, 5) is 25.1. The fourth-order valence-electron chi connectivity index (χ4n) is 3.31. The summed E-state index contributed by atoms with van der Waals surface area (Å²) in [6.45, 7) is 1.89. The minimum absolute atomic E-state index is 0.0321. The smallest absolute Gasteiger partial charge is 0.249 e. The monoisotopic (exact) mass is 376 g/mol. The van der Waals surface area contributed by atoms with E-state index in [0.717, 1.165) is 16.8 Å². The Balaban J connectivity index is 1.66. The first kappa shape index (κ1) is 17.8. The second kappa shape index (κ2) is 7.19. The van der Waals surface area contributed by atoms with Gasteiger partial charge in [-0.3, -0.25) is 9.59 Å². The average molecular weight is 376 g/mol. The van der Waals surface area contributed by atoms with Crippen molar-refractivity contribution >= 4 is 23.3 Å². The van der Waals surface area contributed by atoms with Gasteiger partial charge in [-0.25, -0.2) is 4.68 Å². The standard InChI is InChI=1S/C21H20N4O3/c1-13-19(14-6-4-3-5-7-14)24-25-17(12-18(26)23-20(13)25)21(27)22-15-8-10-16(28-2)11-9-15/h3-11,17H,12H2,1-2H3,(H,22,27)(H,23,26)/t17-/m0/s1. The molecule has 3 aromatic rings. The number of ether oxygens (including phenoxy) is 1. The fraction of sp³-hybridized carbons (Fsp3) is 0.190. The molecular weight excluding hydrogens is 356 g/mol. The summed E-state index contributed by atoms with van der Waals surface area (Å²) in [5.74, 6) is 0.769. The van der Waals surface area contributed by atoms with Gasteiger partial charge in [0.15, 0.2) is 0 Å². The zero-order valence-corrected chi connectivity index (χ0v) is 15.6. The highest BCUT2D eigenvalue weighted by atomic mass is 16.5. The van der Waals surface area contributed by atoms with Crippen LogP contribution in [0.1, 0.15) is 18.0 Å². The first-order valence-electron chi connectivity index (χ1n) is 8.96. The van der Waals surface area contributed by atoms with E-state index < -0.39 is 6.04 Å². The third-order valence-electron chi connectivity index (χ3n) is 4.79. The van der Waals surface area contributed by atoms with Crippen LogP contribution >= 0.6 is 0 Å². The molecule has 2 N–H and O–H groups in total. The van der Waals surface area contributed by atoms with Crippen LogP contribution in [0.3, 0.4) is 0 Å². The highest BCUT2D eigenvalue weighted by molar-refractivity contribution is 6.02. The van der Waals surface area contributed by atoms with Crippen LogP contribution in [0.5, 0.6) is 5.75 Å². The molecule has 142 valence electrons. The molecule has 1 atom stereocenters. The maximum atomic E-state index is 12.9. The van der Waals surface area contributed by atoms with Crippen LogP contribution in [0.2, 0.25) is 0 Å². The molecule has 0 fully saturated rings. The van der Waals surface area contributed by atoms with Crippen molar-refractivity contribution in [1.82, 2.24) is 9.78 Å². The Labute approximate surface area is 162 Å². The molecule has 2 amide bonds. The maximum Gasteiger partial charge on any atom is 0.249 e. The summed E-state index contributed by atoms with van der Waals surface area (Å²) in [7, 11) is 1.58. The number of benzene rings is 2. The van der Waals surface area contributed by atoms with Gasteiger partial charge < -0.3 is 15.4 Å². The molecule has 0 spiro atoms. The van der Waals surface area contributed by atoms with Crippen LogP contribution in [0.25, 0.3) is 11.3 Å². The SMILES string of the molecule is COc1ccc(NC(=O)[C@@H]2CC(=O)Nc3c(C)c(-c4ccccc4)nn32)cc1. The van der Waals surface area contributed by atoms with Gasteiger partial charge in [-0.2, -0.15) is 5.10 Å². The van der Waals surface area contributed by atoms with Crippen molar-refractivity contribution in [3.63, 3.8) is 0 Å². The van der Waals surface area contributed by atoms with Gasteiger partial charge in [-0.15, -0.1) is 0 Å². The Kier molecular flexibility index (Phi) is 4.57. The third-order valence-corrected chi connectivity index (χ3v) is 4.79.